The number of hydrogen-bond donors (Lipinski definition) is 1. The van der Waals surface area contributed by atoms with Crippen LogP contribution in [-0.2, 0) is 0 Å². The summed E-state index contributed by atoms with van der Waals surface area (Å²) in [4.78, 5) is 21.0. The van der Waals surface area contributed by atoms with Gasteiger partial charge in [0.15, 0.2) is 0 Å². The van der Waals surface area contributed by atoms with Crippen molar-refractivity contribution >= 4 is 11.8 Å². The molecule has 1 aliphatic heterocycles. The molecule has 1 N–H and O–H groups in total. The lowest BCUT2D eigenvalue weighted by Crippen LogP contribution is -2.33. The summed E-state index contributed by atoms with van der Waals surface area (Å²) in [6, 6.07) is 0. The Labute approximate surface area is 113 Å². The van der Waals surface area contributed by atoms with Crippen LogP contribution in [0.3, 0.4) is 0 Å². The van der Waals surface area contributed by atoms with Crippen LogP contribution in [0.25, 0.3) is 0 Å². The first kappa shape index (κ1) is 13.5. The van der Waals surface area contributed by atoms with Gasteiger partial charge < -0.3 is 10.0 Å². The van der Waals surface area contributed by atoms with Crippen molar-refractivity contribution in [2.75, 3.05) is 18.0 Å². The van der Waals surface area contributed by atoms with Crippen molar-refractivity contribution in [1.82, 2.24) is 9.97 Å². The van der Waals surface area contributed by atoms with Gasteiger partial charge in [0.05, 0.1) is 0 Å². The average Bonchev–Trinajstić information content (AvgIpc) is 2.38. The first-order valence-corrected chi connectivity index (χ1v) is 6.37. The largest absolute Gasteiger partial charge is 0.477 e. The fraction of sp³-hybridized carbons (Fsp3) is 0.500. The van der Waals surface area contributed by atoms with Crippen molar-refractivity contribution < 1.29 is 9.90 Å². The molecular formula is C14H19N3O2. The third-order valence-corrected chi connectivity index (χ3v) is 3.39. The standard InChI is InChI=1S/C14H19N3O2/c1-14(2,3)10-4-6-17(7-5-10)12-11(13(18)19)8-15-9-16-12/h4,8-9H,5-7H2,1-3H3,(H,18,19). The second-order valence-electron chi connectivity index (χ2n) is 5.74. The van der Waals surface area contributed by atoms with Crippen molar-refractivity contribution in [2.24, 2.45) is 5.41 Å². The Morgan fingerprint density at radius 2 is 2.16 bits per heavy atom. The van der Waals surface area contributed by atoms with Crippen LogP contribution in [-0.4, -0.2) is 34.1 Å². The van der Waals surface area contributed by atoms with Gasteiger partial charge in [0.1, 0.15) is 17.7 Å². The normalized spacial score (nSPS) is 16.2. The predicted octanol–water partition coefficient (Wildman–Crippen LogP) is 2.36. The van der Waals surface area contributed by atoms with Crippen LogP contribution in [0.5, 0.6) is 0 Å². The molecule has 2 heterocycles. The van der Waals surface area contributed by atoms with Crippen LogP contribution >= 0.6 is 0 Å². The van der Waals surface area contributed by atoms with Gasteiger partial charge in [0, 0.05) is 19.3 Å². The lowest BCUT2D eigenvalue weighted by Gasteiger charge is -2.33. The molecule has 2 rings (SSSR count). The second kappa shape index (κ2) is 4.99. The van der Waals surface area contributed by atoms with Gasteiger partial charge >= 0.3 is 5.97 Å². The van der Waals surface area contributed by atoms with E-state index in [1.54, 1.807) is 0 Å². The zero-order valence-corrected chi connectivity index (χ0v) is 11.6. The molecule has 0 atom stereocenters. The maximum Gasteiger partial charge on any atom is 0.341 e. The van der Waals surface area contributed by atoms with Gasteiger partial charge in [-0.1, -0.05) is 32.4 Å². The quantitative estimate of drug-likeness (QED) is 0.828. The molecule has 0 radical (unpaired) electrons. The average molecular weight is 261 g/mol. The van der Waals surface area contributed by atoms with Gasteiger partial charge in [-0.3, -0.25) is 0 Å². The SMILES string of the molecule is CC(C)(C)C1=CCN(c2ncncc2C(=O)O)CC1. The van der Waals surface area contributed by atoms with E-state index in [0.717, 1.165) is 13.0 Å². The molecule has 0 saturated carbocycles. The van der Waals surface area contributed by atoms with E-state index in [4.69, 9.17) is 5.11 Å². The van der Waals surface area contributed by atoms with E-state index >= 15 is 0 Å². The summed E-state index contributed by atoms with van der Waals surface area (Å²) in [5.41, 5.74) is 1.75. The molecule has 1 aliphatic rings. The number of carboxylic acids is 1. The summed E-state index contributed by atoms with van der Waals surface area (Å²) in [6.07, 6.45) is 5.86. The highest BCUT2D eigenvalue weighted by molar-refractivity contribution is 5.92. The predicted molar refractivity (Wildman–Crippen MR) is 73.4 cm³/mol. The van der Waals surface area contributed by atoms with Gasteiger partial charge in [0.2, 0.25) is 0 Å². The van der Waals surface area contributed by atoms with Gasteiger partial charge in [-0.2, -0.15) is 0 Å². The number of hydrogen-bond acceptors (Lipinski definition) is 4. The lowest BCUT2D eigenvalue weighted by molar-refractivity contribution is 0.0696. The first-order chi connectivity index (χ1) is 8.89. The maximum atomic E-state index is 11.2. The molecule has 0 aliphatic carbocycles. The van der Waals surface area contributed by atoms with Crippen molar-refractivity contribution in [3.8, 4) is 0 Å². The molecule has 5 heteroatoms. The molecule has 0 amide bonds. The summed E-state index contributed by atoms with van der Waals surface area (Å²) in [7, 11) is 0. The van der Waals surface area contributed by atoms with Gasteiger partial charge in [-0.25, -0.2) is 14.8 Å². The van der Waals surface area contributed by atoms with Crippen LogP contribution in [0.4, 0.5) is 5.82 Å². The third kappa shape index (κ3) is 2.92. The van der Waals surface area contributed by atoms with E-state index in [1.165, 1.54) is 18.1 Å². The Balaban J connectivity index is 2.23. The Hall–Kier alpha value is -1.91. The van der Waals surface area contributed by atoms with Gasteiger partial charge in [-0.15, -0.1) is 0 Å². The van der Waals surface area contributed by atoms with E-state index in [9.17, 15) is 4.79 Å². The fourth-order valence-electron chi connectivity index (χ4n) is 2.27. The van der Waals surface area contributed by atoms with Crippen LogP contribution in [0, 0.1) is 5.41 Å². The highest BCUT2D eigenvalue weighted by Crippen LogP contribution is 2.31. The number of anilines is 1. The molecule has 1 aromatic rings. The Bertz CT molecular complexity index is 518. The van der Waals surface area contributed by atoms with E-state index in [0.29, 0.717) is 12.4 Å². The molecule has 0 spiro atoms. The van der Waals surface area contributed by atoms with Gasteiger partial charge in [-0.05, 0) is 11.8 Å². The smallest absolute Gasteiger partial charge is 0.341 e. The van der Waals surface area contributed by atoms with Crippen molar-refractivity contribution in [3.05, 3.63) is 29.7 Å². The van der Waals surface area contributed by atoms with Crippen LogP contribution in [0.1, 0.15) is 37.6 Å². The molecule has 0 bridgehead atoms. The summed E-state index contributed by atoms with van der Waals surface area (Å²) in [6.45, 7) is 8.08. The Morgan fingerprint density at radius 1 is 1.42 bits per heavy atom. The highest BCUT2D eigenvalue weighted by atomic mass is 16.4. The number of rotatable bonds is 2. The number of aromatic carboxylic acids is 1. The fourth-order valence-corrected chi connectivity index (χ4v) is 2.27. The van der Waals surface area contributed by atoms with Crippen LogP contribution < -0.4 is 4.90 Å². The number of aromatic nitrogens is 2. The molecule has 5 nitrogen and oxygen atoms in total. The summed E-state index contributed by atoms with van der Waals surface area (Å²) in [5, 5.41) is 9.16. The van der Waals surface area contributed by atoms with E-state index in [2.05, 4.69) is 36.8 Å². The minimum absolute atomic E-state index is 0.162. The molecule has 102 valence electrons. The Morgan fingerprint density at radius 3 is 2.68 bits per heavy atom. The second-order valence-corrected chi connectivity index (χ2v) is 5.74. The topological polar surface area (TPSA) is 66.3 Å². The summed E-state index contributed by atoms with van der Waals surface area (Å²) in [5.74, 6) is -0.479. The number of carboxylic acid groups (broad SMARTS) is 1. The van der Waals surface area contributed by atoms with E-state index in [-0.39, 0.29) is 11.0 Å². The van der Waals surface area contributed by atoms with Crippen LogP contribution in [0.15, 0.2) is 24.2 Å². The minimum atomic E-state index is -0.985. The zero-order chi connectivity index (χ0) is 14.0. The van der Waals surface area contributed by atoms with Gasteiger partial charge in [0.25, 0.3) is 0 Å². The van der Waals surface area contributed by atoms with Crippen molar-refractivity contribution in [2.45, 2.75) is 27.2 Å². The molecule has 0 fully saturated rings. The molecule has 1 aromatic heterocycles. The zero-order valence-electron chi connectivity index (χ0n) is 11.6. The van der Waals surface area contributed by atoms with Crippen molar-refractivity contribution in [1.29, 1.82) is 0 Å². The van der Waals surface area contributed by atoms with Crippen LogP contribution in [0.2, 0.25) is 0 Å². The third-order valence-electron chi connectivity index (χ3n) is 3.39. The Kier molecular flexibility index (Phi) is 3.55. The molecular weight excluding hydrogens is 242 g/mol. The van der Waals surface area contributed by atoms with Crippen molar-refractivity contribution in [3.63, 3.8) is 0 Å². The molecule has 0 aromatic carbocycles. The van der Waals surface area contributed by atoms with E-state index < -0.39 is 5.97 Å². The minimum Gasteiger partial charge on any atom is -0.477 e. The summed E-state index contributed by atoms with van der Waals surface area (Å²) < 4.78 is 0. The molecule has 0 saturated heterocycles. The monoisotopic (exact) mass is 261 g/mol. The number of carbonyl (C=O) groups is 1. The highest BCUT2D eigenvalue weighted by Gasteiger charge is 2.24. The first-order valence-electron chi connectivity index (χ1n) is 6.37. The lowest BCUT2D eigenvalue weighted by atomic mass is 9.83. The summed E-state index contributed by atoms with van der Waals surface area (Å²) >= 11 is 0. The number of nitrogens with zero attached hydrogens (tertiary/aromatic N) is 3. The van der Waals surface area contributed by atoms with E-state index in [1.807, 2.05) is 4.90 Å². The molecule has 0 unspecified atom stereocenters. The molecule has 19 heavy (non-hydrogen) atoms. The maximum absolute atomic E-state index is 11.2.